The van der Waals surface area contributed by atoms with Gasteiger partial charge in [0.1, 0.15) is 5.82 Å². The van der Waals surface area contributed by atoms with E-state index in [1.807, 2.05) is 26.1 Å². The fraction of sp³-hybridized carbons (Fsp3) is 0.250. The van der Waals surface area contributed by atoms with Gasteiger partial charge in [-0.3, -0.25) is 0 Å². The highest BCUT2D eigenvalue weighted by atomic mass is 32.1. The molecule has 1 aromatic heterocycles. The molecule has 2 rings (SSSR count). The molecular formula is C12H13FN2S. The molecule has 0 saturated heterocycles. The van der Waals surface area contributed by atoms with E-state index in [1.54, 1.807) is 11.6 Å². The number of thiazole rings is 1. The third kappa shape index (κ3) is 2.13. The Morgan fingerprint density at radius 3 is 2.81 bits per heavy atom. The lowest BCUT2D eigenvalue weighted by atomic mass is 10.1. The fourth-order valence-corrected chi connectivity index (χ4v) is 2.45. The van der Waals surface area contributed by atoms with Crippen LogP contribution >= 0.6 is 11.3 Å². The minimum absolute atomic E-state index is 0.180. The lowest BCUT2D eigenvalue weighted by molar-refractivity contribution is 0.627. The molecule has 1 N–H and O–H groups in total. The predicted molar refractivity (Wildman–Crippen MR) is 65.0 cm³/mol. The number of benzene rings is 1. The SMILES string of the molecule is CNCc1ccc(-c2scnc2C)c(F)c1. The summed E-state index contributed by atoms with van der Waals surface area (Å²) in [6.45, 7) is 2.58. The van der Waals surface area contributed by atoms with Gasteiger partial charge in [0, 0.05) is 12.1 Å². The Labute approximate surface area is 98.2 Å². The second-order valence-corrected chi connectivity index (χ2v) is 4.47. The number of aromatic nitrogens is 1. The molecular weight excluding hydrogens is 223 g/mol. The second-order valence-electron chi connectivity index (χ2n) is 3.61. The van der Waals surface area contributed by atoms with Crippen LogP contribution in [0.4, 0.5) is 4.39 Å². The van der Waals surface area contributed by atoms with E-state index < -0.39 is 0 Å². The number of aryl methyl sites for hydroxylation is 1. The summed E-state index contributed by atoms with van der Waals surface area (Å²) >= 11 is 1.47. The maximum absolute atomic E-state index is 13.9. The van der Waals surface area contributed by atoms with Gasteiger partial charge in [0.25, 0.3) is 0 Å². The average Bonchev–Trinajstić information content (AvgIpc) is 2.65. The van der Waals surface area contributed by atoms with Gasteiger partial charge in [-0.25, -0.2) is 9.37 Å². The van der Waals surface area contributed by atoms with Gasteiger partial charge in [-0.05, 0) is 25.6 Å². The van der Waals surface area contributed by atoms with Crippen molar-refractivity contribution >= 4 is 11.3 Å². The van der Waals surface area contributed by atoms with E-state index in [9.17, 15) is 4.39 Å². The summed E-state index contributed by atoms with van der Waals surface area (Å²) in [7, 11) is 1.85. The van der Waals surface area contributed by atoms with Crippen molar-refractivity contribution in [1.29, 1.82) is 0 Å². The van der Waals surface area contributed by atoms with Gasteiger partial charge in [0.15, 0.2) is 0 Å². The van der Waals surface area contributed by atoms with Crippen LogP contribution in [0.3, 0.4) is 0 Å². The molecule has 1 aromatic carbocycles. The first kappa shape index (κ1) is 11.2. The highest BCUT2D eigenvalue weighted by Crippen LogP contribution is 2.29. The molecule has 0 spiro atoms. The normalized spacial score (nSPS) is 10.7. The molecule has 0 aliphatic carbocycles. The molecule has 16 heavy (non-hydrogen) atoms. The predicted octanol–water partition coefficient (Wildman–Crippen LogP) is 2.98. The van der Waals surface area contributed by atoms with E-state index in [-0.39, 0.29) is 5.82 Å². The standard InChI is InChI=1S/C12H13FN2S/c1-8-12(16-7-15-8)10-4-3-9(6-14-2)5-11(10)13/h3-5,7,14H,6H2,1-2H3. The van der Waals surface area contributed by atoms with Crippen molar-refractivity contribution < 1.29 is 4.39 Å². The van der Waals surface area contributed by atoms with Crippen LogP contribution in [0.1, 0.15) is 11.3 Å². The third-order valence-corrected chi connectivity index (χ3v) is 3.37. The van der Waals surface area contributed by atoms with Crippen molar-refractivity contribution in [2.75, 3.05) is 7.05 Å². The van der Waals surface area contributed by atoms with E-state index in [4.69, 9.17) is 0 Å². The molecule has 84 valence electrons. The summed E-state index contributed by atoms with van der Waals surface area (Å²) in [5, 5.41) is 3.00. The van der Waals surface area contributed by atoms with Crippen LogP contribution in [0.2, 0.25) is 0 Å². The first-order valence-electron chi connectivity index (χ1n) is 5.06. The monoisotopic (exact) mass is 236 g/mol. The summed E-state index contributed by atoms with van der Waals surface area (Å²) in [5.41, 5.74) is 4.21. The summed E-state index contributed by atoms with van der Waals surface area (Å²) in [5.74, 6) is -0.180. The lowest BCUT2D eigenvalue weighted by Crippen LogP contribution is -2.05. The van der Waals surface area contributed by atoms with Crippen LogP contribution in [-0.4, -0.2) is 12.0 Å². The van der Waals surface area contributed by atoms with E-state index in [2.05, 4.69) is 10.3 Å². The first-order valence-corrected chi connectivity index (χ1v) is 5.94. The molecule has 2 nitrogen and oxygen atoms in total. The molecule has 0 saturated carbocycles. The number of halogens is 1. The largest absolute Gasteiger partial charge is 0.316 e. The lowest BCUT2D eigenvalue weighted by Gasteiger charge is -2.04. The van der Waals surface area contributed by atoms with E-state index in [1.165, 1.54) is 11.3 Å². The van der Waals surface area contributed by atoms with Gasteiger partial charge in [-0.15, -0.1) is 11.3 Å². The summed E-state index contributed by atoms with van der Waals surface area (Å²) in [6, 6.07) is 5.33. The molecule has 1 heterocycles. The Bertz CT molecular complexity index is 494. The van der Waals surface area contributed by atoms with E-state index >= 15 is 0 Å². The van der Waals surface area contributed by atoms with Crippen molar-refractivity contribution in [1.82, 2.24) is 10.3 Å². The fourth-order valence-electron chi connectivity index (χ4n) is 1.62. The van der Waals surface area contributed by atoms with Crippen LogP contribution in [0.25, 0.3) is 10.4 Å². The van der Waals surface area contributed by atoms with Crippen molar-refractivity contribution in [2.45, 2.75) is 13.5 Å². The maximum atomic E-state index is 13.9. The van der Waals surface area contributed by atoms with E-state index in [0.717, 1.165) is 16.1 Å². The van der Waals surface area contributed by atoms with Crippen molar-refractivity contribution in [3.63, 3.8) is 0 Å². The van der Waals surface area contributed by atoms with Gasteiger partial charge in [-0.1, -0.05) is 12.1 Å². The Kier molecular flexibility index (Phi) is 3.31. The second kappa shape index (κ2) is 4.72. The molecule has 0 fully saturated rings. The molecule has 0 radical (unpaired) electrons. The summed E-state index contributed by atoms with van der Waals surface area (Å²) in [4.78, 5) is 5.04. The number of nitrogens with one attached hydrogen (secondary N) is 1. The Morgan fingerprint density at radius 1 is 1.44 bits per heavy atom. The molecule has 0 aliphatic rings. The first-order chi connectivity index (χ1) is 7.72. The number of rotatable bonds is 3. The van der Waals surface area contributed by atoms with Gasteiger partial charge < -0.3 is 5.32 Å². The highest BCUT2D eigenvalue weighted by molar-refractivity contribution is 7.13. The van der Waals surface area contributed by atoms with Crippen LogP contribution in [0, 0.1) is 12.7 Å². The van der Waals surface area contributed by atoms with Gasteiger partial charge in [0.2, 0.25) is 0 Å². The Hall–Kier alpha value is -1.26. The summed E-state index contributed by atoms with van der Waals surface area (Å²) < 4.78 is 13.9. The van der Waals surface area contributed by atoms with Crippen LogP contribution < -0.4 is 5.32 Å². The van der Waals surface area contributed by atoms with Gasteiger partial charge >= 0.3 is 0 Å². The molecule has 0 bridgehead atoms. The smallest absolute Gasteiger partial charge is 0.132 e. The number of nitrogens with zero attached hydrogens (tertiary/aromatic N) is 1. The van der Waals surface area contributed by atoms with Crippen LogP contribution in [0.15, 0.2) is 23.7 Å². The maximum Gasteiger partial charge on any atom is 0.132 e. The Morgan fingerprint density at radius 2 is 2.25 bits per heavy atom. The average molecular weight is 236 g/mol. The van der Waals surface area contributed by atoms with Crippen molar-refractivity contribution in [3.05, 3.63) is 40.8 Å². The molecule has 2 aromatic rings. The zero-order chi connectivity index (χ0) is 11.5. The topological polar surface area (TPSA) is 24.9 Å². The number of hydrogen-bond donors (Lipinski definition) is 1. The molecule has 4 heteroatoms. The van der Waals surface area contributed by atoms with Gasteiger partial charge in [0.05, 0.1) is 16.1 Å². The van der Waals surface area contributed by atoms with Crippen LogP contribution in [-0.2, 0) is 6.54 Å². The zero-order valence-electron chi connectivity index (χ0n) is 9.25. The van der Waals surface area contributed by atoms with Gasteiger partial charge in [-0.2, -0.15) is 0 Å². The Balaban J connectivity index is 2.40. The highest BCUT2D eigenvalue weighted by Gasteiger charge is 2.10. The minimum atomic E-state index is -0.180. The molecule has 0 atom stereocenters. The van der Waals surface area contributed by atoms with Crippen molar-refractivity contribution in [2.24, 2.45) is 0 Å². The zero-order valence-corrected chi connectivity index (χ0v) is 10.1. The third-order valence-electron chi connectivity index (χ3n) is 2.40. The quantitative estimate of drug-likeness (QED) is 0.886. The number of hydrogen-bond acceptors (Lipinski definition) is 3. The van der Waals surface area contributed by atoms with Crippen LogP contribution in [0.5, 0.6) is 0 Å². The molecule has 0 unspecified atom stereocenters. The summed E-state index contributed by atoms with van der Waals surface area (Å²) in [6.07, 6.45) is 0. The van der Waals surface area contributed by atoms with Crippen molar-refractivity contribution in [3.8, 4) is 10.4 Å². The van der Waals surface area contributed by atoms with E-state index in [0.29, 0.717) is 12.1 Å². The minimum Gasteiger partial charge on any atom is -0.316 e. The molecule has 0 amide bonds. The molecule has 0 aliphatic heterocycles.